The molecule has 0 saturated heterocycles. The molecular formula is C14H25N3S. The number of rotatable bonds is 6. The van der Waals surface area contributed by atoms with Crippen molar-refractivity contribution in [3.63, 3.8) is 0 Å². The van der Waals surface area contributed by atoms with Gasteiger partial charge in [-0.1, -0.05) is 27.7 Å². The largest absolute Gasteiger partial charge is 0.398 e. The van der Waals surface area contributed by atoms with E-state index in [0.717, 1.165) is 30.0 Å². The summed E-state index contributed by atoms with van der Waals surface area (Å²) in [6.07, 6.45) is 4.56. The Bertz CT molecular complexity index is 360. The summed E-state index contributed by atoms with van der Waals surface area (Å²) in [5, 5.41) is 3.53. The fraction of sp³-hybridized carbons (Fsp3) is 0.643. The van der Waals surface area contributed by atoms with Crippen LogP contribution in [-0.2, 0) is 6.42 Å². The summed E-state index contributed by atoms with van der Waals surface area (Å²) in [7, 11) is 0. The molecule has 1 aromatic rings. The molecule has 0 aromatic carbocycles. The van der Waals surface area contributed by atoms with Crippen LogP contribution in [0.5, 0.6) is 0 Å². The fourth-order valence-corrected chi connectivity index (χ4v) is 2.64. The minimum absolute atomic E-state index is 0.300. The minimum atomic E-state index is 0.300. The molecule has 1 rings (SSSR count). The van der Waals surface area contributed by atoms with Gasteiger partial charge in [0, 0.05) is 34.6 Å². The number of aromatic nitrogens is 1. The van der Waals surface area contributed by atoms with Crippen molar-refractivity contribution >= 4 is 17.4 Å². The fourth-order valence-electron chi connectivity index (χ4n) is 1.70. The zero-order chi connectivity index (χ0) is 13.6. The number of anilines is 1. The minimum Gasteiger partial charge on any atom is -0.398 e. The van der Waals surface area contributed by atoms with E-state index < -0.39 is 0 Å². The zero-order valence-corrected chi connectivity index (χ0v) is 12.7. The Kier molecular flexibility index (Phi) is 5.96. The third kappa shape index (κ3) is 5.74. The van der Waals surface area contributed by atoms with E-state index in [9.17, 15) is 0 Å². The maximum atomic E-state index is 5.97. The summed E-state index contributed by atoms with van der Waals surface area (Å²) in [6, 6.07) is 2.32. The average molecular weight is 267 g/mol. The zero-order valence-electron chi connectivity index (χ0n) is 11.9. The number of nitrogens with two attached hydrogens (primary N) is 1. The maximum absolute atomic E-state index is 5.97. The van der Waals surface area contributed by atoms with Gasteiger partial charge in [-0.05, 0) is 24.6 Å². The SMILES string of the molecule is CCNC(CSC(C)(C)C)Cc1cnccc1N. The Labute approximate surface area is 115 Å². The molecule has 0 amide bonds. The number of nitrogens with one attached hydrogen (secondary N) is 1. The standard InChI is InChI=1S/C14H25N3S/c1-5-17-12(10-18-14(2,3)4)8-11-9-16-7-6-13(11)15/h6-7,9,12,17H,5,8,10H2,1-4H3,(H2,15,16). The highest BCUT2D eigenvalue weighted by molar-refractivity contribution is 8.00. The topological polar surface area (TPSA) is 50.9 Å². The average Bonchev–Trinajstić information content (AvgIpc) is 2.28. The van der Waals surface area contributed by atoms with Gasteiger partial charge in [-0.25, -0.2) is 0 Å². The predicted octanol–water partition coefficient (Wildman–Crippen LogP) is 2.72. The van der Waals surface area contributed by atoms with Crippen LogP contribution >= 0.6 is 11.8 Å². The Morgan fingerprint density at radius 2 is 2.17 bits per heavy atom. The van der Waals surface area contributed by atoms with Gasteiger partial charge in [0.05, 0.1) is 0 Å². The first-order valence-electron chi connectivity index (χ1n) is 6.48. The molecule has 102 valence electrons. The summed E-state index contributed by atoms with van der Waals surface area (Å²) in [4.78, 5) is 4.15. The Balaban J connectivity index is 2.60. The molecule has 1 atom stereocenters. The quantitative estimate of drug-likeness (QED) is 0.832. The van der Waals surface area contributed by atoms with Crippen molar-refractivity contribution in [3.05, 3.63) is 24.0 Å². The number of hydrogen-bond donors (Lipinski definition) is 2. The molecular weight excluding hydrogens is 242 g/mol. The summed E-state index contributed by atoms with van der Waals surface area (Å²) in [5.41, 5.74) is 7.95. The molecule has 0 fully saturated rings. The van der Waals surface area contributed by atoms with Gasteiger partial charge in [0.1, 0.15) is 0 Å². The van der Waals surface area contributed by atoms with Crippen LogP contribution in [-0.4, -0.2) is 28.1 Å². The number of nitrogen functional groups attached to an aromatic ring is 1. The molecule has 1 aromatic heterocycles. The first-order valence-corrected chi connectivity index (χ1v) is 7.46. The van der Waals surface area contributed by atoms with E-state index in [1.807, 2.05) is 24.0 Å². The van der Waals surface area contributed by atoms with E-state index in [-0.39, 0.29) is 0 Å². The van der Waals surface area contributed by atoms with Gasteiger partial charge in [-0.15, -0.1) is 0 Å². The molecule has 1 unspecified atom stereocenters. The van der Waals surface area contributed by atoms with Crippen LogP contribution in [0.1, 0.15) is 33.3 Å². The molecule has 1 heterocycles. The first-order chi connectivity index (χ1) is 8.42. The van der Waals surface area contributed by atoms with Crippen molar-refractivity contribution in [2.45, 2.75) is 44.9 Å². The van der Waals surface area contributed by atoms with E-state index in [4.69, 9.17) is 5.73 Å². The Morgan fingerprint density at radius 1 is 1.44 bits per heavy atom. The lowest BCUT2D eigenvalue weighted by atomic mass is 10.1. The summed E-state index contributed by atoms with van der Waals surface area (Å²) in [6.45, 7) is 9.87. The van der Waals surface area contributed by atoms with Crippen LogP contribution in [0.4, 0.5) is 5.69 Å². The number of pyridine rings is 1. The van der Waals surface area contributed by atoms with Crippen molar-refractivity contribution < 1.29 is 0 Å². The van der Waals surface area contributed by atoms with Crippen molar-refractivity contribution in [3.8, 4) is 0 Å². The molecule has 0 bridgehead atoms. The summed E-state index contributed by atoms with van der Waals surface area (Å²) < 4.78 is 0.300. The second-order valence-corrected chi connectivity index (χ2v) is 7.30. The van der Waals surface area contributed by atoms with Gasteiger partial charge >= 0.3 is 0 Å². The van der Waals surface area contributed by atoms with Crippen LogP contribution in [0.2, 0.25) is 0 Å². The third-order valence-electron chi connectivity index (χ3n) is 2.62. The molecule has 18 heavy (non-hydrogen) atoms. The van der Waals surface area contributed by atoms with Gasteiger partial charge < -0.3 is 11.1 Å². The number of nitrogens with zero attached hydrogens (tertiary/aromatic N) is 1. The molecule has 0 radical (unpaired) electrons. The van der Waals surface area contributed by atoms with Crippen LogP contribution in [0.25, 0.3) is 0 Å². The smallest absolute Gasteiger partial charge is 0.0378 e. The normalized spacial score (nSPS) is 13.6. The van der Waals surface area contributed by atoms with Crippen LogP contribution < -0.4 is 11.1 Å². The molecule has 3 nitrogen and oxygen atoms in total. The molecule has 0 spiro atoms. The number of likely N-dealkylation sites (N-methyl/N-ethyl adjacent to an activating group) is 1. The van der Waals surface area contributed by atoms with Crippen LogP contribution in [0.3, 0.4) is 0 Å². The lowest BCUT2D eigenvalue weighted by molar-refractivity contribution is 0.570. The van der Waals surface area contributed by atoms with Crippen molar-refractivity contribution in [1.82, 2.24) is 10.3 Å². The van der Waals surface area contributed by atoms with Crippen molar-refractivity contribution in [2.24, 2.45) is 0 Å². The predicted molar refractivity (Wildman–Crippen MR) is 82.0 cm³/mol. The lowest BCUT2D eigenvalue weighted by Gasteiger charge is -2.24. The highest BCUT2D eigenvalue weighted by atomic mass is 32.2. The van der Waals surface area contributed by atoms with Gasteiger partial charge in [0.15, 0.2) is 0 Å². The highest BCUT2D eigenvalue weighted by Gasteiger charge is 2.16. The summed E-state index contributed by atoms with van der Waals surface area (Å²) in [5.74, 6) is 1.09. The molecule has 0 aliphatic carbocycles. The Hall–Kier alpha value is -0.740. The van der Waals surface area contributed by atoms with Gasteiger partial charge in [0.25, 0.3) is 0 Å². The van der Waals surface area contributed by atoms with Crippen LogP contribution in [0, 0.1) is 0 Å². The first kappa shape index (κ1) is 15.3. The molecule has 4 heteroatoms. The summed E-state index contributed by atoms with van der Waals surface area (Å²) >= 11 is 1.98. The van der Waals surface area contributed by atoms with Gasteiger partial charge in [-0.2, -0.15) is 11.8 Å². The van der Waals surface area contributed by atoms with Gasteiger partial charge in [-0.3, -0.25) is 4.98 Å². The van der Waals surface area contributed by atoms with E-state index in [0.29, 0.717) is 10.8 Å². The van der Waals surface area contributed by atoms with Crippen LogP contribution in [0.15, 0.2) is 18.5 Å². The molecule has 3 N–H and O–H groups in total. The number of hydrogen-bond acceptors (Lipinski definition) is 4. The molecule has 0 saturated carbocycles. The second-order valence-electron chi connectivity index (χ2n) is 5.46. The monoisotopic (exact) mass is 267 g/mol. The third-order valence-corrected chi connectivity index (χ3v) is 4.05. The maximum Gasteiger partial charge on any atom is 0.0378 e. The van der Waals surface area contributed by atoms with Gasteiger partial charge in [0.2, 0.25) is 0 Å². The van der Waals surface area contributed by atoms with Crippen molar-refractivity contribution in [1.29, 1.82) is 0 Å². The van der Waals surface area contributed by atoms with E-state index in [2.05, 4.69) is 38.0 Å². The van der Waals surface area contributed by atoms with E-state index in [1.54, 1.807) is 6.20 Å². The number of thioether (sulfide) groups is 1. The van der Waals surface area contributed by atoms with E-state index >= 15 is 0 Å². The van der Waals surface area contributed by atoms with Crippen molar-refractivity contribution in [2.75, 3.05) is 18.0 Å². The molecule has 0 aliphatic heterocycles. The lowest BCUT2D eigenvalue weighted by Crippen LogP contribution is -2.34. The second kappa shape index (κ2) is 7.00. The van der Waals surface area contributed by atoms with E-state index in [1.165, 1.54) is 0 Å². The molecule has 0 aliphatic rings. The Morgan fingerprint density at radius 3 is 2.72 bits per heavy atom. The highest BCUT2D eigenvalue weighted by Crippen LogP contribution is 2.25.